The molecular weight excluding hydrogens is 220 g/mol. The molecule has 1 heterocycles. The van der Waals surface area contributed by atoms with E-state index in [4.69, 9.17) is 10.8 Å². The van der Waals surface area contributed by atoms with Crippen molar-refractivity contribution in [3.8, 4) is 0 Å². The number of hydrogen-bond donors (Lipinski definition) is 2. The lowest BCUT2D eigenvalue weighted by atomic mass is 9.84. The van der Waals surface area contributed by atoms with E-state index in [1.54, 1.807) is 4.90 Å². The smallest absolute Gasteiger partial charge is 0.326 e. The molecule has 1 atom stereocenters. The number of amides is 1. The number of carbonyl (C=O) groups excluding carboxylic acids is 1. The third kappa shape index (κ3) is 2.04. The molecule has 0 aromatic heterocycles. The molecule has 96 valence electrons. The van der Waals surface area contributed by atoms with Gasteiger partial charge in [0, 0.05) is 13.1 Å². The highest BCUT2D eigenvalue weighted by Gasteiger charge is 2.46. The van der Waals surface area contributed by atoms with Gasteiger partial charge in [0.05, 0.1) is 5.41 Å². The van der Waals surface area contributed by atoms with Crippen molar-refractivity contribution in [1.29, 1.82) is 0 Å². The third-order valence-corrected chi connectivity index (χ3v) is 4.20. The summed E-state index contributed by atoms with van der Waals surface area (Å²) in [7, 11) is 0. The van der Waals surface area contributed by atoms with Gasteiger partial charge in [-0.1, -0.05) is 12.8 Å². The van der Waals surface area contributed by atoms with Crippen LogP contribution >= 0.6 is 0 Å². The Morgan fingerprint density at radius 2 is 1.94 bits per heavy atom. The molecule has 1 saturated heterocycles. The van der Waals surface area contributed by atoms with E-state index >= 15 is 0 Å². The number of carboxylic acid groups (broad SMARTS) is 1. The van der Waals surface area contributed by atoms with Gasteiger partial charge in [-0.2, -0.15) is 0 Å². The number of likely N-dealkylation sites (tertiary alicyclic amines) is 1. The highest BCUT2D eigenvalue weighted by atomic mass is 16.4. The molecule has 3 N–H and O–H groups in total. The van der Waals surface area contributed by atoms with Crippen LogP contribution in [0.5, 0.6) is 0 Å². The molecule has 2 rings (SSSR count). The summed E-state index contributed by atoms with van der Waals surface area (Å²) < 4.78 is 0. The van der Waals surface area contributed by atoms with Crippen LogP contribution in [0.25, 0.3) is 0 Å². The zero-order chi connectivity index (χ0) is 12.5. The largest absolute Gasteiger partial charge is 0.480 e. The predicted molar refractivity (Wildman–Crippen MR) is 62.3 cm³/mol. The van der Waals surface area contributed by atoms with E-state index in [-0.39, 0.29) is 5.91 Å². The zero-order valence-electron chi connectivity index (χ0n) is 10.0. The SMILES string of the molecule is NCC1(C(=O)N2CCCC2C(=O)O)CCCC1. The molecule has 0 aromatic carbocycles. The molecule has 2 aliphatic rings. The van der Waals surface area contributed by atoms with Crippen molar-refractivity contribution in [2.24, 2.45) is 11.1 Å². The van der Waals surface area contributed by atoms with Gasteiger partial charge in [0.1, 0.15) is 6.04 Å². The van der Waals surface area contributed by atoms with Gasteiger partial charge in [0.2, 0.25) is 5.91 Å². The van der Waals surface area contributed by atoms with Crippen molar-refractivity contribution in [3.05, 3.63) is 0 Å². The Balaban J connectivity index is 2.15. The van der Waals surface area contributed by atoms with Crippen LogP contribution in [0.3, 0.4) is 0 Å². The first kappa shape index (κ1) is 12.4. The summed E-state index contributed by atoms with van der Waals surface area (Å²) in [5.41, 5.74) is 5.29. The molecule has 0 aromatic rings. The molecule has 0 bridgehead atoms. The summed E-state index contributed by atoms with van der Waals surface area (Å²) in [5, 5.41) is 9.11. The molecule has 0 radical (unpaired) electrons. The Labute approximate surface area is 101 Å². The lowest BCUT2D eigenvalue weighted by Crippen LogP contribution is -2.50. The molecule has 2 fully saturated rings. The Hall–Kier alpha value is -1.10. The lowest BCUT2D eigenvalue weighted by molar-refractivity contribution is -0.152. The molecule has 0 spiro atoms. The number of rotatable bonds is 3. The second kappa shape index (κ2) is 4.64. The first-order valence-electron chi connectivity index (χ1n) is 6.35. The molecule has 1 amide bonds. The first-order valence-corrected chi connectivity index (χ1v) is 6.35. The predicted octanol–water partition coefficient (Wildman–Crippen LogP) is 0.581. The number of hydrogen-bond acceptors (Lipinski definition) is 3. The minimum absolute atomic E-state index is 0.0256. The van der Waals surface area contributed by atoms with Crippen LogP contribution in [0, 0.1) is 5.41 Å². The fraction of sp³-hybridized carbons (Fsp3) is 0.833. The first-order chi connectivity index (χ1) is 8.10. The van der Waals surface area contributed by atoms with Gasteiger partial charge in [-0.15, -0.1) is 0 Å². The minimum atomic E-state index is -0.888. The number of aliphatic carboxylic acids is 1. The van der Waals surface area contributed by atoms with Gasteiger partial charge in [-0.25, -0.2) is 4.79 Å². The zero-order valence-corrected chi connectivity index (χ0v) is 10.0. The standard InChI is InChI=1S/C12H20N2O3/c13-8-12(5-1-2-6-12)11(17)14-7-3-4-9(14)10(15)16/h9H,1-8,13H2,(H,15,16). The van der Waals surface area contributed by atoms with Crippen LogP contribution in [0.1, 0.15) is 38.5 Å². The Morgan fingerprint density at radius 3 is 2.47 bits per heavy atom. The van der Waals surface area contributed by atoms with E-state index < -0.39 is 17.4 Å². The molecule has 1 aliphatic heterocycles. The van der Waals surface area contributed by atoms with Crippen LogP contribution in [0.2, 0.25) is 0 Å². The number of nitrogens with zero attached hydrogens (tertiary/aromatic N) is 1. The van der Waals surface area contributed by atoms with E-state index in [0.29, 0.717) is 19.5 Å². The molecule has 17 heavy (non-hydrogen) atoms. The van der Waals surface area contributed by atoms with Gasteiger partial charge in [-0.05, 0) is 25.7 Å². The van der Waals surface area contributed by atoms with Crippen molar-refractivity contribution >= 4 is 11.9 Å². The quantitative estimate of drug-likeness (QED) is 0.756. The monoisotopic (exact) mass is 240 g/mol. The Morgan fingerprint density at radius 1 is 1.29 bits per heavy atom. The van der Waals surface area contributed by atoms with E-state index in [0.717, 1.165) is 32.1 Å². The van der Waals surface area contributed by atoms with Crippen LogP contribution in [0.4, 0.5) is 0 Å². The second-order valence-corrected chi connectivity index (χ2v) is 5.19. The summed E-state index contributed by atoms with van der Waals surface area (Å²) in [5.74, 6) is -0.914. The van der Waals surface area contributed by atoms with Crippen molar-refractivity contribution < 1.29 is 14.7 Å². The van der Waals surface area contributed by atoms with Crippen molar-refractivity contribution in [2.75, 3.05) is 13.1 Å². The van der Waals surface area contributed by atoms with Gasteiger partial charge < -0.3 is 15.7 Å². The fourth-order valence-electron chi connectivity index (χ4n) is 3.13. The summed E-state index contributed by atoms with van der Waals surface area (Å²) >= 11 is 0. The molecule has 5 nitrogen and oxygen atoms in total. The third-order valence-electron chi connectivity index (χ3n) is 4.20. The molecule has 5 heteroatoms. The number of carboxylic acids is 1. The van der Waals surface area contributed by atoms with Gasteiger partial charge >= 0.3 is 5.97 Å². The van der Waals surface area contributed by atoms with Gasteiger partial charge in [-0.3, -0.25) is 4.79 Å². The van der Waals surface area contributed by atoms with E-state index in [9.17, 15) is 9.59 Å². The normalized spacial score (nSPS) is 27.4. The van der Waals surface area contributed by atoms with Gasteiger partial charge in [0.25, 0.3) is 0 Å². The van der Waals surface area contributed by atoms with Gasteiger partial charge in [0.15, 0.2) is 0 Å². The maximum atomic E-state index is 12.5. The molecular formula is C12H20N2O3. The maximum Gasteiger partial charge on any atom is 0.326 e. The second-order valence-electron chi connectivity index (χ2n) is 5.19. The maximum absolute atomic E-state index is 12.5. The van der Waals surface area contributed by atoms with Crippen molar-refractivity contribution in [2.45, 2.75) is 44.6 Å². The van der Waals surface area contributed by atoms with Crippen LogP contribution in [-0.4, -0.2) is 41.0 Å². The fourth-order valence-corrected chi connectivity index (χ4v) is 3.13. The van der Waals surface area contributed by atoms with E-state index in [1.165, 1.54) is 0 Å². The topological polar surface area (TPSA) is 83.6 Å². The Bertz CT molecular complexity index is 324. The van der Waals surface area contributed by atoms with Crippen LogP contribution in [-0.2, 0) is 9.59 Å². The lowest BCUT2D eigenvalue weighted by Gasteiger charge is -2.33. The highest BCUT2D eigenvalue weighted by Crippen LogP contribution is 2.40. The number of nitrogens with two attached hydrogens (primary N) is 1. The number of carbonyl (C=O) groups is 2. The summed E-state index contributed by atoms with van der Waals surface area (Å²) in [6.45, 7) is 0.909. The summed E-state index contributed by atoms with van der Waals surface area (Å²) in [6, 6.07) is -0.633. The average Bonchev–Trinajstić information content (AvgIpc) is 2.98. The molecule has 1 aliphatic carbocycles. The van der Waals surface area contributed by atoms with Crippen molar-refractivity contribution in [1.82, 2.24) is 4.90 Å². The summed E-state index contributed by atoms with van der Waals surface area (Å²) in [6.07, 6.45) is 5.02. The average molecular weight is 240 g/mol. The molecule has 1 saturated carbocycles. The van der Waals surface area contributed by atoms with E-state index in [1.807, 2.05) is 0 Å². The van der Waals surface area contributed by atoms with Crippen molar-refractivity contribution in [3.63, 3.8) is 0 Å². The minimum Gasteiger partial charge on any atom is -0.480 e. The van der Waals surface area contributed by atoms with E-state index in [2.05, 4.69) is 0 Å². The highest BCUT2D eigenvalue weighted by molar-refractivity contribution is 5.88. The van der Waals surface area contributed by atoms with Crippen LogP contribution < -0.4 is 5.73 Å². The summed E-state index contributed by atoms with van der Waals surface area (Å²) in [4.78, 5) is 25.1. The Kier molecular flexibility index (Phi) is 3.38. The van der Waals surface area contributed by atoms with Crippen LogP contribution in [0.15, 0.2) is 0 Å². The molecule has 1 unspecified atom stereocenters.